The van der Waals surface area contributed by atoms with Crippen molar-refractivity contribution >= 4 is 56.6 Å². The van der Waals surface area contributed by atoms with E-state index in [0.717, 1.165) is 36.2 Å². The van der Waals surface area contributed by atoms with Gasteiger partial charge in [0, 0.05) is 26.7 Å². The van der Waals surface area contributed by atoms with Gasteiger partial charge in [-0.25, -0.2) is 4.98 Å². The van der Waals surface area contributed by atoms with Crippen molar-refractivity contribution in [3.05, 3.63) is 24.3 Å². The third-order valence-corrected chi connectivity index (χ3v) is 3.88. The van der Waals surface area contributed by atoms with Crippen molar-refractivity contribution in [1.29, 1.82) is 0 Å². The lowest BCUT2D eigenvalue weighted by Gasteiger charge is -2.13. The molecule has 0 radical (unpaired) electrons. The molecule has 0 unspecified atom stereocenters. The summed E-state index contributed by atoms with van der Waals surface area (Å²) in [6, 6.07) is 8.18. The molecule has 0 aliphatic heterocycles. The van der Waals surface area contributed by atoms with Gasteiger partial charge in [-0.1, -0.05) is 37.3 Å². The first-order valence-corrected chi connectivity index (χ1v) is 8.04. The Morgan fingerprint density at radius 1 is 1.23 bits per heavy atom. The second kappa shape index (κ2) is 9.83. The predicted molar refractivity (Wildman–Crippen MR) is 108 cm³/mol. The Morgan fingerprint density at radius 2 is 2.00 bits per heavy atom. The molecule has 1 aromatic heterocycles. The lowest BCUT2D eigenvalue weighted by atomic mass is 10.2. The highest BCUT2D eigenvalue weighted by Gasteiger charge is 2.02. The van der Waals surface area contributed by atoms with Gasteiger partial charge in [0.05, 0.1) is 10.2 Å². The molecule has 3 N–H and O–H groups in total. The molecule has 2 rings (SSSR count). The molecule has 22 heavy (non-hydrogen) atoms. The molecule has 122 valence electrons. The summed E-state index contributed by atoms with van der Waals surface area (Å²) < 4.78 is 1.21. The van der Waals surface area contributed by atoms with Crippen molar-refractivity contribution in [1.82, 2.24) is 15.6 Å². The number of thiazole rings is 1. The van der Waals surface area contributed by atoms with Crippen LogP contribution in [0.4, 0.5) is 5.13 Å². The Bertz CT molecular complexity index is 563. The van der Waals surface area contributed by atoms with E-state index in [9.17, 15) is 0 Å². The molecule has 5 nitrogen and oxygen atoms in total. The Morgan fingerprint density at radius 3 is 2.68 bits per heavy atom. The Hall–Kier alpha value is -1.09. The summed E-state index contributed by atoms with van der Waals surface area (Å²) in [6.45, 7) is 6.88. The van der Waals surface area contributed by atoms with E-state index in [1.807, 2.05) is 18.2 Å². The number of hydrogen-bond acceptors (Lipinski definition) is 4. The maximum atomic E-state index is 4.54. The number of hydrogen-bond donors (Lipinski definition) is 3. The number of nitrogens with one attached hydrogen (secondary N) is 3. The molecule has 1 aromatic carbocycles. The van der Waals surface area contributed by atoms with E-state index in [2.05, 4.69) is 45.8 Å². The highest BCUT2D eigenvalue weighted by atomic mass is 127. The van der Waals surface area contributed by atoms with Gasteiger partial charge in [0.2, 0.25) is 0 Å². The maximum Gasteiger partial charge on any atom is 0.191 e. The summed E-state index contributed by atoms with van der Waals surface area (Å²) >= 11 is 1.68. The molecule has 0 atom stereocenters. The van der Waals surface area contributed by atoms with Gasteiger partial charge in [0.15, 0.2) is 11.1 Å². The fourth-order valence-corrected chi connectivity index (χ4v) is 2.71. The van der Waals surface area contributed by atoms with Gasteiger partial charge in [0.25, 0.3) is 0 Å². The zero-order chi connectivity index (χ0) is 15.1. The fourth-order valence-electron chi connectivity index (χ4n) is 1.82. The van der Waals surface area contributed by atoms with Crippen LogP contribution in [0, 0.1) is 5.92 Å². The molecule has 0 saturated heterocycles. The van der Waals surface area contributed by atoms with Crippen LogP contribution >= 0.6 is 35.3 Å². The third-order valence-electron chi connectivity index (χ3n) is 2.89. The van der Waals surface area contributed by atoms with Crippen LogP contribution in [0.1, 0.15) is 13.8 Å². The van der Waals surface area contributed by atoms with Gasteiger partial charge in [-0.15, -0.1) is 24.0 Å². The average molecular weight is 433 g/mol. The van der Waals surface area contributed by atoms with Crippen molar-refractivity contribution in [2.45, 2.75) is 13.8 Å². The minimum atomic E-state index is 0. The summed E-state index contributed by atoms with van der Waals surface area (Å²) in [5.41, 5.74) is 1.05. The van der Waals surface area contributed by atoms with Gasteiger partial charge in [-0.05, 0) is 18.1 Å². The molecular formula is C15H24IN5S. The number of fused-ring (bicyclic) bond motifs is 1. The smallest absolute Gasteiger partial charge is 0.191 e. The van der Waals surface area contributed by atoms with Crippen LogP contribution < -0.4 is 16.0 Å². The van der Waals surface area contributed by atoms with Gasteiger partial charge in [0.1, 0.15) is 0 Å². The van der Waals surface area contributed by atoms with Crippen LogP contribution in [0.25, 0.3) is 10.2 Å². The standard InChI is InChI=1S/C15H23N5S.HI/c1-11(2)10-19-14(16-3)17-8-9-18-15-20-12-6-4-5-7-13(12)21-15;/h4-7,11H,8-10H2,1-3H3,(H,18,20)(H2,16,17,19);1H. The van der Waals surface area contributed by atoms with Gasteiger partial charge < -0.3 is 16.0 Å². The fraction of sp³-hybridized carbons (Fsp3) is 0.467. The molecule has 0 spiro atoms. The first-order chi connectivity index (χ1) is 10.2. The zero-order valence-corrected chi connectivity index (χ0v) is 16.4. The number of para-hydroxylation sites is 1. The lowest BCUT2D eigenvalue weighted by molar-refractivity contribution is 0.615. The summed E-state index contributed by atoms with van der Waals surface area (Å²) in [4.78, 5) is 8.74. The SMILES string of the molecule is CN=C(NCCNc1nc2ccccc2s1)NCC(C)C.I. The molecule has 0 amide bonds. The first-order valence-electron chi connectivity index (χ1n) is 7.23. The number of rotatable bonds is 6. The normalized spacial score (nSPS) is 11.4. The van der Waals surface area contributed by atoms with Gasteiger partial charge in [-0.3, -0.25) is 4.99 Å². The monoisotopic (exact) mass is 433 g/mol. The summed E-state index contributed by atoms with van der Waals surface area (Å²) in [7, 11) is 1.79. The quantitative estimate of drug-likeness (QED) is 0.284. The molecule has 0 fully saturated rings. The highest BCUT2D eigenvalue weighted by Crippen LogP contribution is 2.24. The van der Waals surface area contributed by atoms with Crippen molar-refractivity contribution in [3.63, 3.8) is 0 Å². The van der Waals surface area contributed by atoms with Crippen LogP contribution in [0.2, 0.25) is 0 Å². The Kier molecular flexibility index (Phi) is 8.47. The second-order valence-corrected chi connectivity index (χ2v) is 6.22. The molecule has 2 aromatic rings. The summed E-state index contributed by atoms with van der Waals surface area (Å²) in [5.74, 6) is 1.44. The lowest BCUT2D eigenvalue weighted by Crippen LogP contribution is -2.40. The minimum Gasteiger partial charge on any atom is -0.360 e. The van der Waals surface area contributed by atoms with E-state index >= 15 is 0 Å². The number of halogens is 1. The number of nitrogens with zero attached hydrogens (tertiary/aromatic N) is 2. The topological polar surface area (TPSA) is 61.3 Å². The number of guanidine groups is 1. The van der Waals surface area contributed by atoms with Gasteiger partial charge in [-0.2, -0.15) is 0 Å². The van der Waals surface area contributed by atoms with Crippen molar-refractivity contribution in [2.24, 2.45) is 10.9 Å². The predicted octanol–water partition coefficient (Wildman–Crippen LogP) is 3.15. The molecular weight excluding hydrogens is 409 g/mol. The van der Waals surface area contributed by atoms with Crippen LogP contribution in [0.3, 0.4) is 0 Å². The molecule has 1 heterocycles. The number of anilines is 1. The van der Waals surface area contributed by atoms with E-state index in [1.54, 1.807) is 18.4 Å². The van der Waals surface area contributed by atoms with E-state index in [-0.39, 0.29) is 24.0 Å². The largest absolute Gasteiger partial charge is 0.360 e. The van der Waals surface area contributed by atoms with Crippen LogP contribution in [0.5, 0.6) is 0 Å². The highest BCUT2D eigenvalue weighted by molar-refractivity contribution is 14.0. The summed E-state index contributed by atoms with van der Waals surface area (Å²) in [6.07, 6.45) is 0. The Labute approximate surface area is 153 Å². The van der Waals surface area contributed by atoms with Crippen LogP contribution in [-0.4, -0.2) is 37.6 Å². The molecule has 0 aliphatic rings. The zero-order valence-electron chi connectivity index (χ0n) is 13.2. The van der Waals surface area contributed by atoms with Gasteiger partial charge >= 0.3 is 0 Å². The maximum absolute atomic E-state index is 4.54. The van der Waals surface area contributed by atoms with E-state index in [1.165, 1.54) is 4.70 Å². The van der Waals surface area contributed by atoms with Crippen molar-refractivity contribution in [2.75, 3.05) is 32.0 Å². The molecule has 7 heteroatoms. The van der Waals surface area contributed by atoms with Crippen LogP contribution in [0.15, 0.2) is 29.3 Å². The van der Waals surface area contributed by atoms with E-state index in [4.69, 9.17) is 0 Å². The molecule has 0 aliphatic carbocycles. The van der Waals surface area contributed by atoms with Crippen molar-refractivity contribution < 1.29 is 0 Å². The number of aliphatic imine (C=N–C) groups is 1. The first kappa shape index (κ1) is 19.0. The van der Waals surface area contributed by atoms with E-state index < -0.39 is 0 Å². The molecule has 0 bridgehead atoms. The Balaban J connectivity index is 0.00000242. The number of benzene rings is 1. The number of aromatic nitrogens is 1. The molecule has 0 saturated carbocycles. The minimum absolute atomic E-state index is 0. The van der Waals surface area contributed by atoms with Crippen LogP contribution in [-0.2, 0) is 0 Å². The van der Waals surface area contributed by atoms with Crippen molar-refractivity contribution in [3.8, 4) is 0 Å². The third kappa shape index (κ3) is 5.96. The summed E-state index contributed by atoms with van der Waals surface area (Å²) in [5, 5.41) is 10.9. The van der Waals surface area contributed by atoms with E-state index in [0.29, 0.717) is 5.92 Å². The average Bonchev–Trinajstić information content (AvgIpc) is 2.89. The second-order valence-electron chi connectivity index (χ2n) is 5.19.